The molecule has 0 spiro atoms. The highest BCUT2D eigenvalue weighted by Crippen LogP contribution is 2.17. The molecule has 1 N–H and O–H groups in total. The first kappa shape index (κ1) is 8.65. The Kier molecular flexibility index (Phi) is 2.38. The molecule has 0 fully saturated rings. The minimum atomic E-state index is 0.0887. The monoisotopic (exact) mass is 162 g/mol. The van der Waals surface area contributed by atoms with Gasteiger partial charge in [-0.3, -0.25) is 4.79 Å². The number of ether oxygens (including phenoxy) is 1. The Morgan fingerprint density at radius 1 is 1.58 bits per heavy atom. The van der Waals surface area contributed by atoms with E-state index >= 15 is 0 Å². The van der Waals surface area contributed by atoms with Crippen LogP contribution in [-0.2, 0) is 4.79 Å². The van der Waals surface area contributed by atoms with Crippen LogP contribution in [0.1, 0.15) is 5.56 Å². The maximum atomic E-state index is 9.98. The van der Waals surface area contributed by atoms with Crippen LogP contribution in [0.3, 0.4) is 0 Å². The SMILES string of the molecule is [B]c1c(OC=O)ccc(O)c1C. The van der Waals surface area contributed by atoms with E-state index in [0.29, 0.717) is 12.0 Å². The Labute approximate surface area is 71.4 Å². The topological polar surface area (TPSA) is 46.5 Å². The average molecular weight is 162 g/mol. The van der Waals surface area contributed by atoms with E-state index in [2.05, 4.69) is 4.74 Å². The van der Waals surface area contributed by atoms with Crippen molar-refractivity contribution in [2.24, 2.45) is 0 Å². The highest BCUT2D eigenvalue weighted by Gasteiger charge is 2.04. The minimum absolute atomic E-state index is 0.0887. The smallest absolute Gasteiger partial charge is 0.298 e. The van der Waals surface area contributed by atoms with E-state index in [1.54, 1.807) is 6.92 Å². The molecule has 12 heavy (non-hydrogen) atoms. The molecule has 2 radical (unpaired) electrons. The maximum Gasteiger partial charge on any atom is 0.298 e. The molecule has 1 rings (SSSR count). The molecule has 0 heterocycles. The number of hydrogen-bond donors (Lipinski definition) is 1. The van der Waals surface area contributed by atoms with Crippen LogP contribution in [0.2, 0.25) is 0 Å². The number of benzene rings is 1. The molecule has 1 aromatic carbocycles. The second-order valence-electron chi connectivity index (χ2n) is 2.34. The average Bonchev–Trinajstić information content (AvgIpc) is 2.07. The van der Waals surface area contributed by atoms with Gasteiger partial charge in [0, 0.05) is 0 Å². The quantitative estimate of drug-likeness (QED) is 0.492. The van der Waals surface area contributed by atoms with Crippen molar-refractivity contribution in [3.63, 3.8) is 0 Å². The standard InChI is InChI=1S/C8H7BO3/c1-5-6(11)2-3-7(8(5)9)12-4-10/h2-4,11H,1H3. The Morgan fingerprint density at radius 3 is 2.83 bits per heavy atom. The molecule has 60 valence electrons. The summed E-state index contributed by atoms with van der Waals surface area (Å²) in [7, 11) is 5.53. The molecule has 0 aliphatic carbocycles. The van der Waals surface area contributed by atoms with Crippen molar-refractivity contribution in [1.29, 1.82) is 0 Å². The molecule has 0 saturated carbocycles. The van der Waals surface area contributed by atoms with Crippen molar-refractivity contribution in [3.8, 4) is 11.5 Å². The van der Waals surface area contributed by atoms with Crippen molar-refractivity contribution in [1.82, 2.24) is 0 Å². The number of rotatable bonds is 2. The van der Waals surface area contributed by atoms with Gasteiger partial charge in [0.25, 0.3) is 6.47 Å². The zero-order valence-electron chi connectivity index (χ0n) is 6.57. The lowest BCUT2D eigenvalue weighted by molar-refractivity contribution is -0.120. The first-order chi connectivity index (χ1) is 5.66. The number of hydrogen-bond acceptors (Lipinski definition) is 3. The van der Waals surface area contributed by atoms with Crippen LogP contribution in [0.5, 0.6) is 11.5 Å². The molecule has 0 aliphatic heterocycles. The molecule has 1 aromatic rings. The third kappa shape index (κ3) is 1.42. The number of phenolic OH excluding ortho intramolecular Hbond substituents is 1. The van der Waals surface area contributed by atoms with Gasteiger partial charge in [-0.1, -0.05) is 0 Å². The zero-order valence-corrected chi connectivity index (χ0v) is 6.57. The van der Waals surface area contributed by atoms with Gasteiger partial charge in [0.1, 0.15) is 19.3 Å². The van der Waals surface area contributed by atoms with Gasteiger partial charge in [0.05, 0.1) is 0 Å². The third-order valence-electron chi connectivity index (χ3n) is 1.62. The van der Waals surface area contributed by atoms with Crippen LogP contribution in [0.25, 0.3) is 0 Å². The summed E-state index contributed by atoms with van der Waals surface area (Å²) in [6.45, 7) is 1.94. The van der Waals surface area contributed by atoms with Crippen molar-refractivity contribution in [3.05, 3.63) is 17.7 Å². The molecule has 0 amide bonds. The predicted octanol–water partition coefficient (Wildman–Crippen LogP) is 0.0296. The van der Waals surface area contributed by atoms with E-state index in [9.17, 15) is 4.79 Å². The van der Waals surface area contributed by atoms with Gasteiger partial charge in [-0.2, -0.15) is 0 Å². The van der Waals surface area contributed by atoms with Crippen molar-refractivity contribution in [2.45, 2.75) is 6.92 Å². The summed E-state index contributed by atoms with van der Waals surface area (Å²) >= 11 is 0. The molecule has 0 aromatic heterocycles. The van der Waals surface area contributed by atoms with Gasteiger partial charge in [-0.25, -0.2) is 0 Å². The normalized spacial score (nSPS) is 9.42. The second kappa shape index (κ2) is 3.30. The van der Waals surface area contributed by atoms with Crippen LogP contribution in [-0.4, -0.2) is 19.4 Å². The van der Waals surface area contributed by atoms with E-state index in [0.717, 1.165) is 0 Å². The van der Waals surface area contributed by atoms with E-state index in [4.69, 9.17) is 13.0 Å². The van der Waals surface area contributed by atoms with E-state index < -0.39 is 0 Å². The summed E-state index contributed by atoms with van der Waals surface area (Å²) in [4.78, 5) is 9.98. The largest absolute Gasteiger partial charge is 0.508 e. The van der Waals surface area contributed by atoms with Crippen LogP contribution in [0, 0.1) is 6.92 Å². The summed E-state index contributed by atoms with van der Waals surface area (Å²) < 4.78 is 4.56. The number of aromatic hydroxyl groups is 1. The summed E-state index contributed by atoms with van der Waals surface area (Å²) in [6, 6.07) is 2.86. The minimum Gasteiger partial charge on any atom is -0.508 e. The van der Waals surface area contributed by atoms with Gasteiger partial charge in [-0.15, -0.1) is 0 Å². The van der Waals surface area contributed by atoms with Crippen LogP contribution in [0.15, 0.2) is 12.1 Å². The Bertz CT molecular complexity index is 309. The van der Waals surface area contributed by atoms with Crippen molar-refractivity contribution >= 4 is 19.8 Å². The Morgan fingerprint density at radius 2 is 2.25 bits per heavy atom. The predicted molar refractivity (Wildman–Crippen MR) is 44.9 cm³/mol. The first-order valence-electron chi connectivity index (χ1n) is 3.35. The summed E-state index contributed by atoms with van der Waals surface area (Å²) in [5.41, 5.74) is 0.788. The number of phenols is 1. The van der Waals surface area contributed by atoms with Gasteiger partial charge < -0.3 is 9.84 Å². The highest BCUT2D eigenvalue weighted by molar-refractivity contribution is 6.35. The third-order valence-corrected chi connectivity index (χ3v) is 1.62. The molecule has 0 unspecified atom stereocenters. The number of carbonyl (C=O) groups excluding carboxylic acids is 1. The van der Waals surface area contributed by atoms with Crippen molar-refractivity contribution in [2.75, 3.05) is 0 Å². The molecular weight excluding hydrogens is 155 g/mol. The molecule has 0 aliphatic rings. The molecule has 3 nitrogen and oxygen atoms in total. The van der Waals surface area contributed by atoms with Gasteiger partial charge in [0.2, 0.25) is 0 Å². The lowest BCUT2D eigenvalue weighted by Crippen LogP contribution is -2.11. The van der Waals surface area contributed by atoms with E-state index in [1.165, 1.54) is 12.1 Å². The fourth-order valence-corrected chi connectivity index (χ4v) is 0.847. The zero-order chi connectivity index (χ0) is 9.14. The van der Waals surface area contributed by atoms with Crippen LogP contribution >= 0.6 is 0 Å². The lowest BCUT2D eigenvalue weighted by atomic mass is 9.90. The van der Waals surface area contributed by atoms with Gasteiger partial charge >= 0.3 is 0 Å². The van der Waals surface area contributed by atoms with Gasteiger partial charge in [0.15, 0.2) is 0 Å². The Hall–Kier alpha value is -1.45. The van der Waals surface area contributed by atoms with Crippen molar-refractivity contribution < 1.29 is 14.6 Å². The highest BCUT2D eigenvalue weighted by atomic mass is 16.5. The lowest BCUT2D eigenvalue weighted by Gasteiger charge is -2.07. The molecule has 0 atom stereocenters. The molecule has 4 heteroatoms. The summed E-state index contributed by atoms with van der Waals surface area (Å²) in [5, 5.41) is 9.17. The maximum absolute atomic E-state index is 9.98. The Balaban J connectivity index is 3.16. The van der Waals surface area contributed by atoms with E-state index in [1.807, 2.05) is 0 Å². The fraction of sp³-hybridized carbons (Fsp3) is 0.125. The van der Waals surface area contributed by atoms with Crippen LogP contribution < -0.4 is 10.2 Å². The summed E-state index contributed by atoms with van der Waals surface area (Å²) in [5.74, 6) is 0.353. The molecular formula is C8H7BO3. The molecule has 0 bridgehead atoms. The summed E-state index contributed by atoms with van der Waals surface area (Å²) in [6.07, 6.45) is 0. The number of carbonyl (C=O) groups is 1. The van der Waals surface area contributed by atoms with Gasteiger partial charge in [-0.05, 0) is 30.1 Å². The van der Waals surface area contributed by atoms with Crippen LogP contribution in [0.4, 0.5) is 0 Å². The van der Waals surface area contributed by atoms with E-state index in [-0.39, 0.29) is 17.0 Å². The first-order valence-corrected chi connectivity index (χ1v) is 3.35. The molecule has 0 saturated heterocycles. The second-order valence-corrected chi connectivity index (χ2v) is 2.34. The fourth-order valence-electron chi connectivity index (χ4n) is 0.847.